The Bertz CT molecular complexity index is 660. The summed E-state index contributed by atoms with van der Waals surface area (Å²) in [7, 11) is 0. The lowest BCUT2D eigenvalue weighted by atomic mass is 9.86. The summed E-state index contributed by atoms with van der Waals surface area (Å²) in [5.41, 5.74) is 2.72. The van der Waals surface area contributed by atoms with Crippen molar-refractivity contribution in [1.29, 1.82) is 0 Å². The molecular formula is C16H20BrFN2. The molecule has 0 aliphatic heterocycles. The SMILES string of the molecule is CCNc1nc2c(C)cc(F)c(Br)c2cc1C(C)(C)C. The number of fused-ring (bicyclic) bond motifs is 1. The van der Waals surface area contributed by atoms with Crippen LogP contribution in [0.1, 0.15) is 38.8 Å². The largest absolute Gasteiger partial charge is 0.370 e. The van der Waals surface area contributed by atoms with E-state index < -0.39 is 0 Å². The van der Waals surface area contributed by atoms with E-state index in [0.717, 1.165) is 34.4 Å². The molecule has 108 valence electrons. The monoisotopic (exact) mass is 338 g/mol. The van der Waals surface area contributed by atoms with Crippen LogP contribution in [0.15, 0.2) is 16.6 Å². The summed E-state index contributed by atoms with van der Waals surface area (Å²) < 4.78 is 14.4. The Balaban J connectivity index is 2.85. The van der Waals surface area contributed by atoms with Crippen LogP contribution in [0.5, 0.6) is 0 Å². The van der Waals surface area contributed by atoms with Crippen molar-refractivity contribution in [1.82, 2.24) is 4.98 Å². The topological polar surface area (TPSA) is 24.9 Å². The van der Waals surface area contributed by atoms with Crippen molar-refractivity contribution in [3.8, 4) is 0 Å². The molecule has 2 aromatic rings. The summed E-state index contributed by atoms with van der Waals surface area (Å²) in [4.78, 5) is 4.73. The van der Waals surface area contributed by atoms with Crippen LogP contribution in [-0.4, -0.2) is 11.5 Å². The van der Waals surface area contributed by atoms with Gasteiger partial charge >= 0.3 is 0 Å². The molecule has 0 saturated carbocycles. The summed E-state index contributed by atoms with van der Waals surface area (Å²) in [6, 6.07) is 3.56. The maximum atomic E-state index is 13.9. The number of nitrogens with one attached hydrogen (secondary N) is 1. The van der Waals surface area contributed by atoms with Gasteiger partial charge < -0.3 is 5.32 Å². The maximum absolute atomic E-state index is 13.9. The van der Waals surface area contributed by atoms with E-state index in [0.29, 0.717) is 4.47 Å². The Labute approximate surface area is 127 Å². The fraction of sp³-hybridized carbons (Fsp3) is 0.438. The number of hydrogen-bond acceptors (Lipinski definition) is 2. The molecule has 0 atom stereocenters. The predicted octanol–water partition coefficient (Wildman–Crippen LogP) is 5.17. The second-order valence-electron chi connectivity index (χ2n) is 6.05. The minimum absolute atomic E-state index is 0.0572. The molecular weight excluding hydrogens is 319 g/mol. The number of aryl methyl sites for hydroxylation is 1. The zero-order chi connectivity index (χ0) is 15.1. The molecule has 4 heteroatoms. The van der Waals surface area contributed by atoms with E-state index in [1.165, 1.54) is 6.07 Å². The number of halogens is 2. The highest BCUT2D eigenvalue weighted by Crippen LogP contribution is 2.36. The van der Waals surface area contributed by atoms with Crippen LogP contribution in [-0.2, 0) is 5.41 Å². The normalized spacial score (nSPS) is 11.9. The Morgan fingerprint density at radius 1 is 1.30 bits per heavy atom. The zero-order valence-electron chi connectivity index (χ0n) is 12.6. The van der Waals surface area contributed by atoms with Gasteiger partial charge in [-0.3, -0.25) is 0 Å². The molecule has 1 heterocycles. The number of nitrogens with zero attached hydrogens (tertiary/aromatic N) is 1. The zero-order valence-corrected chi connectivity index (χ0v) is 14.2. The molecule has 0 aliphatic carbocycles. The average Bonchev–Trinajstić information content (AvgIpc) is 2.35. The molecule has 2 rings (SSSR count). The highest BCUT2D eigenvalue weighted by Gasteiger charge is 2.21. The van der Waals surface area contributed by atoms with Gasteiger partial charge in [-0.05, 0) is 52.9 Å². The van der Waals surface area contributed by atoms with Crippen molar-refractivity contribution in [3.05, 3.63) is 33.5 Å². The molecule has 2 nitrogen and oxygen atoms in total. The Kier molecular flexibility index (Phi) is 4.05. The van der Waals surface area contributed by atoms with Crippen molar-refractivity contribution >= 4 is 32.7 Å². The fourth-order valence-corrected chi connectivity index (χ4v) is 2.72. The van der Waals surface area contributed by atoms with Crippen LogP contribution in [0.2, 0.25) is 0 Å². The van der Waals surface area contributed by atoms with Crippen LogP contribution >= 0.6 is 15.9 Å². The number of aromatic nitrogens is 1. The third kappa shape index (κ3) is 2.66. The molecule has 0 spiro atoms. The van der Waals surface area contributed by atoms with Crippen LogP contribution in [0.25, 0.3) is 10.9 Å². The molecule has 0 bridgehead atoms. The molecule has 0 aliphatic rings. The second kappa shape index (κ2) is 5.32. The Hall–Kier alpha value is -1.16. The van der Waals surface area contributed by atoms with E-state index in [2.05, 4.69) is 42.0 Å². The van der Waals surface area contributed by atoms with Gasteiger partial charge in [0.25, 0.3) is 0 Å². The second-order valence-corrected chi connectivity index (χ2v) is 6.84. The Morgan fingerprint density at radius 2 is 1.95 bits per heavy atom. The first-order valence-corrected chi connectivity index (χ1v) is 7.58. The van der Waals surface area contributed by atoms with Gasteiger partial charge in [0.15, 0.2) is 0 Å². The molecule has 0 saturated heterocycles. The number of hydrogen-bond donors (Lipinski definition) is 1. The lowest BCUT2D eigenvalue weighted by molar-refractivity contribution is 0.590. The van der Waals surface area contributed by atoms with Crippen molar-refractivity contribution in [2.24, 2.45) is 0 Å². The lowest BCUT2D eigenvalue weighted by Gasteiger charge is -2.24. The highest BCUT2D eigenvalue weighted by atomic mass is 79.9. The van der Waals surface area contributed by atoms with Gasteiger partial charge in [0.1, 0.15) is 11.6 Å². The number of pyridine rings is 1. The summed E-state index contributed by atoms with van der Waals surface area (Å²) in [5, 5.41) is 4.14. The van der Waals surface area contributed by atoms with E-state index in [1.807, 2.05) is 19.9 Å². The quantitative estimate of drug-likeness (QED) is 0.816. The van der Waals surface area contributed by atoms with E-state index in [-0.39, 0.29) is 11.2 Å². The molecule has 1 aromatic heterocycles. The van der Waals surface area contributed by atoms with Gasteiger partial charge in [0.2, 0.25) is 0 Å². The molecule has 1 N–H and O–H groups in total. The Morgan fingerprint density at radius 3 is 2.50 bits per heavy atom. The summed E-state index contributed by atoms with van der Waals surface area (Å²) in [6.07, 6.45) is 0. The highest BCUT2D eigenvalue weighted by molar-refractivity contribution is 9.10. The molecule has 0 amide bonds. The number of anilines is 1. The first kappa shape index (κ1) is 15.2. The van der Waals surface area contributed by atoms with E-state index in [9.17, 15) is 4.39 Å². The third-order valence-electron chi connectivity index (χ3n) is 3.34. The molecule has 0 radical (unpaired) electrons. The number of rotatable bonds is 2. The van der Waals surface area contributed by atoms with Crippen molar-refractivity contribution < 1.29 is 4.39 Å². The summed E-state index contributed by atoms with van der Waals surface area (Å²) in [5.74, 6) is 0.641. The van der Waals surface area contributed by atoms with E-state index in [1.54, 1.807) is 0 Å². The van der Waals surface area contributed by atoms with Crippen LogP contribution in [0.3, 0.4) is 0 Å². The van der Waals surface area contributed by atoms with Crippen LogP contribution < -0.4 is 5.32 Å². The van der Waals surface area contributed by atoms with Crippen molar-refractivity contribution in [2.75, 3.05) is 11.9 Å². The lowest BCUT2D eigenvalue weighted by Crippen LogP contribution is -2.16. The van der Waals surface area contributed by atoms with Gasteiger partial charge in [-0.15, -0.1) is 0 Å². The predicted molar refractivity (Wildman–Crippen MR) is 87.0 cm³/mol. The smallest absolute Gasteiger partial charge is 0.138 e. The molecule has 1 aromatic carbocycles. The molecule has 20 heavy (non-hydrogen) atoms. The van der Waals surface area contributed by atoms with Gasteiger partial charge in [-0.2, -0.15) is 0 Å². The van der Waals surface area contributed by atoms with Crippen LogP contribution in [0, 0.1) is 12.7 Å². The van der Waals surface area contributed by atoms with Crippen molar-refractivity contribution in [2.45, 2.75) is 40.0 Å². The number of benzene rings is 1. The summed E-state index contributed by atoms with van der Waals surface area (Å²) in [6.45, 7) is 11.1. The molecule has 0 unspecified atom stereocenters. The van der Waals surface area contributed by atoms with Crippen molar-refractivity contribution in [3.63, 3.8) is 0 Å². The van der Waals surface area contributed by atoms with Gasteiger partial charge in [-0.1, -0.05) is 20.8 Å². The van der Waals surface area contributed by atoms with E-state index >= 15 is 0 Å². The minimum Gasteiger partial charge on any atom is -0.370 e. The maximum Gasteiger partial charge on any atom is 0.138 e. The standard InChI is InChI=1S/C16H20BrFN2/c1-6-19-15-11(16(3,4)5)8-10-13(17)12(18)7-9(2)14(10)20-15/h7-8H,6H2,1-5H3,(H,19,20). The van der Waals surface area contributed by atoms with Gasteiger partial charge in [0, 0.05) is 17.5 Å². The fourth-order valence-electron chi connectivity index (χ4n) is 2.31. The first-order chi connectivity index (χ1) is 9.25. The van der Waals surface area contributed by atoms with Gasteiger partial charge in [0.05, 0.1) is 9.99 Å². The third-order valence-corrected chi connectivity index (χ3v) is 4.14. The summed E-state index contributed by atoms with van der Waals surface area (Å²) >= 11 is 3.34. The van der Waals surface area contributed by atoms with Gasteiger partial charge in [-0.25, -0.2) is 9.37 Å². The minimum atomic E-state index is -0.243. The van der Waals surface area contributed by atoms with Crippen LogP contribution in [0.4, 0.5) is 10.2 Å². The van der Waals surface area contributed by atoms with E-state index in [4.69, 9.17) is 4.98 Å². The molecule has 0 fully saturated rings. The first-order valence-electron chi connectivity index (χ1n) is 6.79. The average molecular weight is 339 g/mol.